The first-order valence-corrected chi connectivity index (χ1v) is 6.99. The second-order valence-corrected chi connectivity index (χ2v) is 5.71. The van der Waals surface area contributed by atoms with E-state index in [1.165, 1.54) is 0 Å². The van der Waals surface area contributed by atoms with E-state index in [1.54, 1.807) is 18.2 Å². The average Bonchev–Trinajstić information content (AvgIpc) is 2.84. The third kappa shape index (κ3) is 3.01. The van der Waals surface area contributed by atoms with Gasteiger partial charge in [-0.1, -0.05) is 12.8 Å². The van der Waals surface area contributed by atoms with Crippen LogP contribution < -0.4 is 5.32 Å². The van der Waals surface area contributed by atoms with Crippen molar-refractivity contribution >= 4 is 40.2 Å². The summed E-state index contributed by atoms with van der Waals surface area (Å²) in [6.45, 7) is 0. The molecule has 0 spiro atoms. The van der Waals surface area contributed by atoms with E-state index in [2.05, 4.69) is 27.9 Å². The van der Waals surface area contributed by atoms with Crippen LogP contribution in [0, 0.1) is 9.49 Å². The number of carboxylic acids is 1. The molecule has 1 fully saturated rings. The zero-order valence-electron chi connectivity index (χ0n) is 9.78. The summed E-state index contributed by atoms with van der Waals surface area (Å²) in [5.41, 5.74) is 0.535. The Hall–Kier alpha value is -1.11. The highest BCUT2D eigenvalue weighted by molar-refractivity contribution is 14.1. The molecule has 0 aromatic heterocycles. The predicted octanol–water partition coefficient (Wildman–Crippen LogP) is 3.12. The maximum absolute atomic E-state index is 12.0. The highest BCUT2D eigenvalue weighted by Gasteiger charge is 2.23. The van der Waals surface area contributed by atoms with E-state index in [0.29, 0.717) is 5.69 Å². The summed E-state index contributed by atoms with van der Waals surface area (Å²) in [5.74, 6) is -1.04. The van der Waals surface area contributed by atoms with Crippen LogP contribution in [0.1, 0.15) is 36.0 Å². The molecule has 2 N–H and O–H groups in total. The molecular weight excluding hydrogens is 345 g/mol. The van der Waals surface area contributed by atoms with E-state index < -0.39 is 5.97 Å². The molecule has 1 aromatic rings. The normalized spacial score (nSPS) is 15.6. The zero-order valence-corrected chi connectivity index (χ0v) is 11.9. The zero-order chi connectivity index (χ0) is 13.1. The molecule has 5 heteroatoms. The Labute approximate surface area is 119 Å². The van der Waals surface area contributed by atoms with Gasteiger partial charge in [0.15, 0.2) is 0 Å². The maximum atomic E-state index is 12.0. The van der Waals surface area contributed by atoms with Crippen LogP contribution in [0.25, 0.3) is 0 Å². The van der Waals surface area contributed by atoms with Gasteiger partial charge in [0.05, 0.1) is 11.3 Å². The fraction of sp³-hybridized carbons (Fsp3) is 0.385. The number of carbonyl (C=O) groups is 2. The van der Waals surface area contributed by atoms with Crippen molar-refractivity contribution in [3.8, 4) is 0 Å². The number of carboxylic acid groups (broad SMARTS) is 1. The van der Waals surface area contributed by atoms with Gasteiger partial charge in [-0.15, -0.1) is 0 Å². The van der Waals surface area contributed by atoms with Gasteiger partial charge in [0, 0.05) is 9.49 Å². The van der Waals surface area contributed by atoms with E-state index in [-0.39, 0.29) is 17.4 Å². The van der Waals surface area contributed by atoms with Crippen molar-refractivity contribution < 1.29 is 14.7 Å². The first kappa shape index (κ1) is 13.3. The smallest absolute Gasteiger partial charge is 0.337 e. The summed E-state index contributed by atoms with van der Waals surface area (Å²) in [5, 5.41) is 11.9. The topological polar surface area (TPSA) is 66.4 Å². The second kappa shape index (κ2) is 5.69. The molecule has 1 amide bonds. The number of nitrogens with one attached hydrogen (secondary N) is 1. The summed E-state index contributed by atoms with van der Waals surface area (Å²) >= 11 is 2.05. The number of hydrogen-bond donors (Lipinski definition) is 2. The van der Waals surface area contributed by atoms with Crippen LogP contribution >= 0.6 is 22.6 Å². The van der Waals surface area contributed by atoms with Gasteiger partial charge in [-0.2, -0.15) is 0 Å². The first-order valence-electron chi connectivity index (χ1n) is 5.91. The van der Waals surface area contributed by atoms with Crippen molar-refractivity contribution in [3.63, 3.8) is 0 Å². The number of anilines is 1. The van der Waals surface area contributed by atoms with Crippen molar-refractivity contribution in [2.24, 2.45) is 5.92 Å². The first-order chi connectivity index (χ1) is 8.58. The van der Waals surface area contributed by atoms with Gasteiger partial charge < -0.3 is 10.4 Å². The Balaban J connectivity index is 2.17. The standard InChI is InChI=1S/C13H14INO3/c14-9-5-6-11(10(7-9)13(17)18)15-12(16)8-3-1-2-4-8/h5-8H,1-4H2,(H,15,16)(H,17,18). The fourth-order valence-corrected chi connectivity index (χ4v) is 2.72. The highest BCUT2D eigenvalue weighted by Crippen LogP contribution is 2.27. The Morgan fingerprint density at radius 2 is 1.94 bits per heavy atom. The number of amides is 1. The number of benzene rings is 1. The summed E-state index contributed by atoms with van der Waals surface area (Å²) in [6, 6.07) is 5.00. The molecular formula is C13H14INO3. The van der Waals surface area contributed by atoms with Crippen LogP contribution in [0.2, 0.25) is 0 Å². The predicted molar refractivity (Wildman–Crippen MR) is 76.7 cm³/mol. The number of hydrogen-bond acceptors (Lipinski definition) is 2. The molecule has 0 aliphatic heterocycles. The molecule has 1 aliphatic carbocycles. The lowest BCUT2D eigenvalue weighted by Gasteiger charge is -2.12. The van der Waals surface area contributed by atoms with Crippen molar-refractivity contribution in [1.82, 2.24) is 0 Å². The minimum absolute atomic E-state index is 0.0333. The lowest BCUT2D eigenvalue weighted by Crippen LogP contribution is -2.21. The average molecular weight is 359 g/mol. The fourth-order valence-electron chi connectivity index (χ4n) is 2.23. The quantitative estimate of drug-likeness (QED) is 0.815. The molecule has 0 heterocycles. The van der Waals surface area contributed by atoms with Gasteiger partial charge in [0.25, 0.3) is 0 Å². The molecule has 1 aliphatic rings. The van der Waals surface area contributed by atoms with Gasteiger partial charge in [-0.3, -0.25) is 4.79 Å². The van der Waals surface area contributed by atoms with Crippen molar-refractivity contribution in [1.29, 1.82) is 0 Å². The Bertz CT molecular complexity index is 481. The molecule has 0 atom stereocenters. The van der Waals surface area contributed by atoms with Crippen molar-refractivity contribution in [3.05, 3.63) is 27.3 Å². The highest BCUT2D eigenvalue weighted by atomic mass is 127. The number of aromatic carboxylic acids is 1. The third-order valence-corrected chi connectivity index (χ3v) is 3.87. The van der Waals surface area contributed by atoms with E-state index in [9.17, 15) is 9.59 Å². The monoisotopic (exact) mass is 359 g/mol. The largest absolute Gasteiger partial charge is 0.478 e. The summed E-state index contributed by atoms with van der Waals surface area (Å²) in [7, 11) is 0. The molecule has 2 rings (SSSR count). The lowest BCUT2D eigenvalue weighted by molar-refractivity contribution is -0.119. The Kier molecular flexibility index (Phi) is 4.21. The van der Waals surface area contributed by atoms with Crippen molar-refractivity contribution in [2.75, 3.05) is 5.32 Å². The molecule has 0 saturated heterocycles. The molecule has 96 valence electrons. The number of halogens is 1. The number of carbonyl (C=O) groups excluding carboxylic acids is 1. The van der Waals surface area contributed by atoms with Gasteiger partial charge >= 0.3 is 5.97 Å². The van der Waals surface area contributed by atoms with E-state index in [0.717, 1.165) is 29.3 Å². The minimum atomic E-state index is -1.02. The molecule has 0 bridgehead atoms. The van der Waals surface area contributed by atoms with Crippen LogP contribution in [-0.4, -0.2) is 17.0 Å². The third-order valence-electron chi connectivity index (χ3n) is 3.20. The molecule has 1 aromatic carbocycles. The molecule has 18 heavy (non-hydrogen) atoms. The van der Waals surface area contributed by atoms with E-state index >= 15 is 0 Å². The maximum Gasteiger partial charge on any atom is 0.337 e. The van der Waals surface area contributed by atoms with Gasteiger partial charge in [-0.05, 0) is 53.6 Å². The van der Waals surface area contributed by atoms with Crippen LogP contribution in [0.3, 0.4) is 0 Å². The van der Waals surface area contributed by atoms with E-state index in [1.807, 2.05) is 0 Å². The molecule has 4 nitrogen and oxygen atoms in total. The van der Waals surface area contributed by atoms with Gasteiger partial charge in [-0.25, -0.2) is 4.79 Å². The minimum Gasteiger partial charge on any atom is -0.478 e. The summed E-state index contributed by atoms with van der Waals surface area (Å²) in [4.78, 5) is 23.1. The number of rotatable bonds is 3. The lowest BCUT2D eigenvalue weighted by atomic mass is 10.1. The summed E-state index contributed by atoms with van der Waals surface area (Å²) < 4.78 is 0.837. The van der Waals surface area contributed by atoms with E-state index in [4.69, 9.17) is 5.11 Å². The van der Waals surface area contributed by atoms with Crippen molar-refractivity contribution in [2.45, 2.75) is 25.7 Å². The van der Waals surface area contributed by atoms with Crippen LogP contribution in [0.4, 0.5) is 5.69 Å². The second-order valence-electron chi connectivity index (χ2n) is 4.47. The Morgan fingerprint density at radius 3 is 2.56 bits per heavy atom. The Morgan fingerprint density at radius 1 is 1.28 bits per heavy atom. The SMILES string of the molecule is O=C(O)c1cc(I)ccc1NC(=O)C1CCCC1. The summed E-state index contributed by atoms with van der Waals surface area (Å²) in [6.07, 6.45) is 3.96. The van der Waals surface area contributed by atoms with Crippen LogP contribution in [-0.2, 0) is 4.79 Å². The van der Waals surface area contributed by atoms with Gasteiger partial charge in [0.1, 0.15) is 0 Å². The molecule has 1 saturated carbocycles. The molecule has 0 unspecified atom stereocenters. The van der Waals surface area contributed by atoms with Crippen LogP contribution in [0.15, 0.2) is 18.2 Å². The van der Waals surface area contributed by atoms with Gasteiger partial charge in [0.2, 0.25) is 5.91 Å². The molecule has 0 radical (unpaired) electrons. The van der Waals surface area contributed by atoms with Crippen LogP contribution in [0.5, 0.6) is 0 Å².